The number of hydrogen-bond donors (Lipinski definition) is 1. The summed E-state index contributed by atoms with van der Waals surface area (Å²) < 4.78 is 5.66. The molecule has 0 fully saturated rings. The number of aromatic nitrogens is 1. The van der Waals surface area contributed by atoms with Crippen molar-refractivity contribution in [2.75, 3.05) is 7.11 Å². The molecule has 0 spiro atoms. The molecule has 1 heterocycles. The van der Waals surface area contributed by atoms with Gasteiger partial charge in [-0.25, -0.2) is 0 Å². The zero-order valence-electron chi connectivity index (χ0n) is 20.1. The molecule has 0 bridgehead atoms. The van der Waals surface area contributed by atoms with E-state index in [0.29, 0.717) is 0 Å². The Morgan fingerprint density at radius 3 is 2.61 bits per heavy atom. The van der Waals surface area contributed by atoms with E-state index >= 15 is 0 Å². The van der Waals surface area contributed by atoms with E-state index in [4.69, 9.17) is 4.74 Å². The van der Waals surface area contributed by atoms with Gasteiger partial charge in [-0.3, -0.25) is 9.78 Å². The number of rotatable bonds is 12. The van der Waals surface area contributed by atoms with Crippen molar-refractivity contribution in [1.29, 1.82) is 0 Å². The smallest absolute Gasteiger partial charge is 0.244 e. The van der Waals surface area contributed by atoms with E-state index in [2.05, 4.69) is 54.5 Å². The minimum atomic E-state index is -0.0446. The Balaban J connectivity index is 1.70. The molecular formula is C29H36N2O2. The number of ether oxygens (including phenoxy) is 1. The summed E-state index contributed by atoms with van der Waals surface area (Å²) in [6, 6.07) is 14.6. The number of fused-ring (bicyclic) bond motifs is 1. The summed E-state index contributed by atoms with van der Waals surface area (Å²) in [6.07, 6.45) is 14.4. The first kappa shape index (κ1) is 24.5. The Hall–Kier alpha value is -3.14. The van der Waals surface area contributed by atoms with Gasteiger partial charge >= 0.3 is 0 Å². The van der Waals surface area contributed by atoms with Crippen molar-refractivity contribution < 1.29 is 9.53 Å². The fourth-order valence-electron chi connectivity index (χ4n) is 4.26. The van der Waals surface area contributed by atoms with Gasteiger partial charge in [-0.05, 0) is 78.8 Å². The highest BCUT2D eigenvalue weighted by atomic mass is 16.5. The second-order valence-electron chi connectivity index (χ2n) is 8.50. The number of nitrogens with zero attached hydrogens (tertiary/aromatic N) is 1. The molecule has 1 amide bonds. The summed E-state index contributed by atoms with van der Waals surface area (Å²) in [4.78, 5) is 16.9. The number of nitrogens with one attached hydrogen (secondary N) is 1. The number of pyridine rings is 1. The Morgan fingerprint density at radius 1 is 1.09 bits per heavy atom. The van der Waals surface area contributed by atoms with Crippen LogP contribution in [-0.2, 0) is 17.6 Å². The van der Waals surface area contributed by atoms with Crippen molar-refractivity contribution in [1.82, 2.24) is 10.3 Å². The lowest BCUT2D eigenvalue weighted by Crippen LogP contribution is -2.33. The largest absolute Gasteiger partial charge is 0.496 e. The molecule has 0 radical (unpaired) electrons. The summed E-state index contributed by atoms with van der Waals surface area (Å²) in [7, 11) is 1.70. The molecule has 1 N–H and O–H groups in total. The molecule has 1 aromatic heterocycles. The number of aryl methyl sites for hydroxylation is 2. The van der Waals surface area contributed by atoms with Gasteiger partial charge in [-0.15, -0.1) is 0 Å². The molecule has 174 valence electrons. The van der Waals surface area contributed by atoms with Crippen LogP contribution in [0.25, 0.3) is 16.8 Å². The summed E-state index contributed by atoms with van der Waals surface area (Å²) >= 11 is 0. The van der Waals surface area contributed by atoms with Gasteiger partial charge in [0, 0.05) is 29.9 Å². The maximum Gasteiger partial charge on any atom is 0.244 e. The van der Waals surface area contributed by atoms with E-state index in [-0.39, 0.29) is 11.9 Å². The van der Waals surface area contributed by atoms with Crippen LogP contribution in [0, 0.1) is 0 Å². The van der Waals surface area contributed by atoms with Crippen LogP contribution < -0.4 is 10.1 Å². The quantitative estimate of drug-likeness (QED) is 0.324. The SMILES string of the molecule is CCCCc1c(C=CC(=O)N[C@H](CC)CCCc2cccnc2)cc(OC)c2ccccc12. The normalized spacial score (nSPS) is 12.2. The first-order chi connectivity index (χ1) is 16.2. The van der Waals surface area contributed by atoms with Crippen LogP contribution in [0.3, 0.4) is 0 Å². The lowest BCUT2D eigenvalue weighted by molar-refractivity contribution is -0.117. The van der Waals surface area contributed by atoms with Gasteiger partial charge in [0.05, 0.1) is 7.11 Å². The first-order valence-corrected chi connectivity index (χ1v) is 12.1. The molecule has 0 unspecified atom stereocenters. The van der Waals surface area contributed by atoms with Crippen molar-refractivity contribution in [3.8, 4) is 5.75 Å². The Bertz CT molecular complexity index is 1060. The lowest BCUT2D eigenvalue weighted by atomic mass is 9.94. The van der Waals surface area contributed by atoms with E-state index in [0.717, 1.165) is 61.6 Å². The van der Waals surface area contributed by atoms with Crippen molar-refractivity contribution in [3.05, 3.63) is 77.6 Å². The van der Waals surface area contributed by atoms with Crippen molar-refractivity contribution in [2.24, 2.45) is 0 Å². The molecule has 0 saturated carbocycles. The summed E-state index contributed by atoms with van der Waals surface area (Å²) in [5.74, 6) is 0.796. The van der Waals surface area contributed by atoms with Crippen LogP contribution in [0.4, 0.5) is 0 Å². The average Bonchev–Trinajstić information content (AvgIpc) is 2.86. The Labute approximate surface area is 198 Å². The number of benzene rings is 2. The van der Waals surface area contributed by atoms with Crippen LogP contribution in [0.1, 0.15) is 62.6 Å². The zero-order valence-corrected chi connectivity index (χ0v) is 20.1. The zero-order chi connectivity index (χ0) is 23.5. The fourth-order valence-corrected chi connectivity index (χ4v) is 4.26. The number of carbonyl (C=O) groups is 1. The third-order valence-electron chi connectivity index (χ3n) is 6.15. The van der Waals surface area contributed by atoms with Gasteiger partial charge in [-0.2, -0.15) is 0 Å². The van der Waals surface area contributed by atoms with E-state index in [1.54, 1.807) is 19.4 Å². The minimum absolute atomic E-state index is 0.0446. The first-order valence-electron chi connectivity index (χ1n) is 12.1. The predicted octanol–water partition coefficient (Wildman–Crippen LogP) is 6.52. The molecule has 0 aliphatic rings. The lowest BCUT2D eigenvalue weighted by Gasteiger charge is -2.16. The predicted molar refractivity (Wildman–Crippen MR) is 138 cm³/mol. The fraction of sp³-hybridized carbons (Fsp3) is 0.379. The van der Waals surface area contributed by atoms with Gasteiger partial charge < -0.3 is 10.1 Å². The van der Waals surface area contributed by atoms with Crippen molar-refractivity contribution >= 4 is 22.8 Å². The number of carbonyl (C=O) groups excluding carboxylic acids is 1. The number of unbranched alkanes of at least 4 members (excludes halogenated alkanes) is 1. The molecule has 1 atom stereocenters. The van der Waals surface area contributed by atoms with Crippen LogP contribution in [0.15, 0.2) is 60.9 Å². The molecule has 2 aromatic carbocycles. The van der Waals surface area contributed by atoms with E-state index in [1.165, 1.54) is 16.5 Å². The summed E-state index contributed by atoms with van der Waals surface area (Å²) in [5.41, 5.74) is 3.57. The third-order valence-corrected chi connectivity index (χ3v) is 6.15. The van der Waals surface area contributed by atoms with Gasteiger partial charge in [0.15, 0.2) is 0 Å². The van der Waals surface area contributed by atoms with Gasteiger partial charge in [0.2, 0.25) is 5.91 Å². The molecule has 33 heavy (non-hydrogen) atoms. The molecule has 3 aromatic rings. The van der Waals surface area contributed by atoms with E-state index in [9.17, 15) is 4.79 Å². The third kappa shape index (κ3) is 6.92. The highest BCUT2D eigenvalue weighted by molar-refractivity contribution is 5.96. The number of methoxy groups -OCH3 is 1. The molecule has 4 heteroatoms. The van der Waals surface area contributed by atoms with Gasteiger partial charge in [-0.1, -0.05) is 50.6 Å². The van der Waals surface area contributed by atoms with E-state index < -0.39 is 0 Å². The Morgan fingerprint density at radius 2 is 1.91 bits per heavy atom. The topological polar surface area (TPSA) is 51.2 Å². The maximum atomic E-state index is 12.7. The summed E-state index contributed by atoms with van der Waals surface area (Å²) in [6.45, 7) is 4.32. The minimum Gasteiger partial charge on any atom is -0.496 e. The monoisotopic (exact) mass is 444 g/mol. The molecule has 0 aliphatic carbocycles. The summed E-state index contributed by atoms with van der Waals surface area (Å²) in [5, 5.41) is 5.50. The van der Waals surface area contributed by atoms with Gasteiger partial charge in [0.1, 0.15) is 5.75 Å². The molecule has 0 aliphatic heterocycles. The standard InChI is InChI=1S/C29H36N2O2/c1-4-6-14-25-23(20-28(33-3)27-16-8-7-15-26(25)27)17-18-29(32)31-24(5-2)13-9-11-22-12-10-19-30-21-22/h7-8,10,12,15-21,24H,4-6,9,11,13-14H2,1-3H3,(H,31,32)/t24-/m1/s1. The van der Waals surface area contributed by atoms with Crippen molar-refractivity contribution in [3.63, 3.8) is 0 Å². The van der Waals surface area contributed by atoms with Crippen LogP contribution in [0.2, 0.25) is 0 Å². The average molecular weight is 445 g/mol. The van der Waals surface area contributed by atoms with Crippen LogP contribution >= 0.6 is 0 Å². The molecule has 4 nitrogen and oxygen atoms in total. The second-order valence-corrected chi connectivity index (χ2v) is 8.50. The Kier molecular flexibility index (Phi) is 9.49. The van der Waals surface area contributed by atoms with Gasteiger partial charge in [0.25, 0.3) is 0 Å². The highest BCUT2D eigenvalue weighted by Gasteiger charge is 2.12. The highest BCUT2D eigenvalue weighted by Crippen LogP contribution is 2.33. The molecule has 3 rings (SSSR count). The maximum absolute atomic E-state index is 12.7. The van der Waals surface area contributed by atoms with Crippen molar-refractivity contribution in [2.45, 2.75) is 64.8 Å². The van der Waals surface area contributed by atoms with E-state index in [1.807, 2.05) is 24.4 Å². The number of amides is 1. The van der Waals surface area contributed by atoms with Crippen LogP contribution in [-0.4, -0.2) is 24.0 Å². The number of hydrogen-bond acceptors (Lipinski definition) is 3. The molecule has 0 saturated heterocycles. The second kappa shape index (κ2) is 12.8. The van der Waals surface area contributed by atoms with Crippen LogP contribution in [0.5, 0.6) is 5.75 Å². The molecular weight excluding hydrogens is 408 g/mol.